The Hall–Kier alpha value is -1.61. The topological polar surface area (TPSA) is 80.6 Å². The van der Waals surface area contributed by atoms with Gasteiger partial charge in [-0.2, -0.15) is 0 Å². The van der Waals surface area contributed by atoms with E-state index in [2.05, 4.69) is 4.72 Å². The molecule has 0 spiro atoms. The molecule has 1 N–H and O–H groups in total. The summed E-state index contributed by atoms with van der Waals surface area (Å²) in [4.78, 5) is 15.5. The van der Waals surface area contributed by atoms with E-state index in [-0.39, 0.29) is 34.7 Å². The molecule has 3 aliphatic rings. The predicted octanol–water partition coefficient (Wildman–Crippen LogP) is 3.55. The lowest BCUT2D eigenvalue weighted by atomic mass is 9.75. The number of nitrogens with zero attached hydrogens (tertiary/aromatic N) is 2. The van der Waals surface area contributed by atoms with Crippen molar-refractivity contribution in [2.75, 3.05) is 19.8 Å². The minimum Gasteiger partial charge on any atom is -0.377 e. The zero-order valence-electron chi connectivity index (χ0n) is 19.2. The first-order chi connectivity index (χ1) is 15.7. The molecule has 5 rings (SSSR count). The lowest BCUT2D eigenvalue weighted by Gasteiger charge is -2.40. The molecule has 3 fully saturated rings. The number of aromatic nitrogens is 1. The number of ether oxygens (including phenoxy) is 1. The Morgan fingerprint density at radius 2 is 2.00 bits per heavy atom. The Balaban J connectivity index is 1.32. The van der Waals surface area contributed by atoms with Gasteiger partial charge in [0.25, 0.3) is 0 Å². The SMILES string of the molecule is C[C@H]1COCCN1C(=O)[C@@H]1CC[C@H](NS(=O)(=O)c2ccc3c(Cl)cn(C)c3c2)C(C2CC2)C1. The zero-order chi connectivity index (χ0) is 23.3. The molecule has 1 saturated heterocycles. The normalized spacial score (nSPS) is 28.9. The summed E-state index contributed by atoms with van der Waals surface area (Å²) in [6, 6.07) is 5.04. The maximum atomic E-state index is 13.3. The van der Waals surface area contributed by atoms with E-state index < -0.39 is 10.0 Å². The van der Waals surface area contributed by atoms with E-state index in [1.54, 1.807) is 24.4 Å². The second kappa shape index (κ2) is 8.87. The molecule has 0 radical (unpaired) electrons. The van der Waals surface area contributed by atoms with Crippen molar-refractivity contribution in [1.29, 1.82) is 0 Å². The summed E-state index contributed by atoms with van der Waals surface area (Å²) in [5.41, 5.74) is 0.788. The first kappa shape index (κ1) is 23.1. The number of aryl methyl sites for hydroxylation is 1. The number of fused-ring (bicyclic) bond motifs is 1. The Morgan fingerprint density at radius 3 is 2.73 bits per heavy atom. The standard InChI is InChI=1S/C24H32ClN3O4S/c1-15-14-32-10-9-28(15)24(29)17-5-8-22(20(11-17)16-3-4-16)26-33(30,31)18-6-7-19-21(25)13-27(2)23(19)12-18/h6-7,12-13,15-17,20,22,26H,3-5,8-11,14H2,1-2H3/t15-,17+,20?,22-/m0/s1. The summed E-state index contributed by atoms with van der Waals surface area (Å²) in [5.74, 6) is 0.888. The third-order valence-electron chi connectivity index (χ3n) is 7.66. The van der Waals surface area contributed by atoms with Crippen LogP contribution in [0.15, 0.2) is 29.3 Å². The van der Waals surface area contributed by atoms with E-state index >= 15 is 0 Å². The van der Waals surface area contributed by atoms with E-state index in [0.29, 0.717) is 43.5 Å². The molecule has 0 bridgehead atoms. The van der Waals surface area contributed by atoms with Crippen LogP contribution in [0.25, 0.3) is 10.9 Å². The van der Waals surface area contributed by atoms with Crippen molar-refractivity contribution < 1.29 is 17.9 Å². The van der Waals surface area contributed by atoms with Crippen LogP contribution in [-0.4, -0.2) is 55.6 Å². The van der Waals surface area contributed by atoms with E-state index in [1.165, 1.54) is 0 Å². The largest absolute Gasteiger partial charge is 0.377 e. The molecule has 1 amide bonds. The van der Waals surface area contributed by atoms with Gasteiger partial charge in [-0.25, -0.2) is 13.1 Å². The van der Waals surface area contributed by atoms with Gasteiger partial charge in [-0.05, 0) is 69.1 Å². The van der Waals surface area contributed by atoms with Crippen LogP contribution in [0.2, 0.25) is 5.02 Å². The van der Waals surface area contributed by atoms with Crippen molar-refractivity contribution in [3.05, 3.63) is 29.4 Å². The van der Waals surface area contributed by atoms with Crippen molar-refractivity contribution >= 4 is 38.4 Å². The number of halogens is 1. The van der Waals surface area contributed by atoms with Crippen LogP contribution in [0.1, 0.15) is 39.0 Å². The van der Waals surface area contributed by atoms with E-state index in [9.17, 15) is 13.2 Å². The summed E-state index contributed by atoms with van der Waals surface area (Å²) in [6.45, 7) is 3.86. The van der Waals surface area contributed by atoms with E-state index in [0.717, 1.165) is 30.2 Å². The number of carbonyl (C=O) groups is 1. The zero-order valence-corrected chi connectivity index (χ0v) is 20.7. The van der Waals surface area contributed by atoms with Crippen LogP contribution in [0, 0.1) is 17.8 Å². The highest BCUT2D eigenvalue weighted by Crippen LogP contribution is 2.46. The van der Waals surface area contributed by atoms with Gasteiger partial charge in [0.1, 0.15) is 0 Å². The highest BCUT2D eigenvalue weighted by molar-refractivity contribution is 7.89. The number of rotatable bonds is 5. The minimum absolute atomic E-state index is 0.0289. The molecule has 1 aliphatic heterocycles. The first-order valence-electron chi connectivity index (χ1n) is 11.9. The molecule has 1 unspecified atom stereocenters. The Bertz CT molecular complexity index is 1160. The summed E-state index contributed by atoms with van der Waals surface area (Å²) >= 11 is 6.24. The van der Waals surface area contributed by atoms with Gasteiger partial charge in [0, 0.05) is 37.1 Å². The number of hydrogen-bond donors (Lipinski definition) is 1. The highest BCUT2D eigenvalue weighted by Gasteiger charge is 2.44. The molecule has 7 nitrogen and oxygen atoms in total. The fourth-order valence-corrected chi connectivity index (χ4v) is 7.31. The molecule has 4 atom stereocenters. The molecular formula is C24H32ClN3O4S. The fourth-order valence-electron chi connectivity index (χ4n) is 5.66. The van der Waals surface area contributed by atoms with Gasteiger partial charge < -0.3 is 14.2 Å². The molecule has 1 aromatic carbocycles. The lowest BCUT2D eigenvalue weighted by Crippen LogP contribution is -2.52. The number of hydrogen-bond acceptors (Lipinski definition) is 4. The van der Waals surface area contributed by atoms with Crippen molar-refractivity contribution in [2.45, 2.75) is 56.0 Å². The maximum Gasteiger partial charge on any atom is 0.240 e. The molecule has 33 heavy (non-hydrogen) atoms. The van der Waals surface area contributed by atoms with E-state index in [1.807, 2.05) is 23.4 Å². The second-order valence-electron chi connectivity index (χ2n) is 9.96. The van der Waals surface area contributed by atoms with Crippen molar-refractivity contribution in [1.82, 2.24) is 14.2 Å². The summed E-state index contributed by atoms with van der Waals surface area (Å²) in [5, 5.41) is 1.45. The van der Waals surface area contributed by atoms with Crippen molar-refractivity contribution in [3.63, 3.8) is 0 Å². The number of benzene rings is 1. The lowest BCUT2D eigenvalue weighted by molar-refractivity contribution is -0.145. The molecule has 2 heterocycles. The van der Waals surface area contributed by atoms with Crippen LogP contribution < -0.4 is 4.72 Å². The summed E-state index contributed by atoms with van der Waals surface area (Å²) in [6.07, 6.45) is 6.18. The van der Waals surface area contributed by atoms with Crippen LogP contribution >= 0.6 is 11.6 Å². The smallest absolute Gasteiger partial charge is 0.240 e. The van der Waals surface area contributed by atoms with Crippen LogP contribution in [0.5, 0.6) is 0 Å². The third kappa shape index (κ3) is 4.55. The highest BCUT2D eigenvalue weighted by atomic mass is 35.5. The average molecular weight is 494 g/mol. The Morgan fingerprint density at radius 1 is 1.21 bits per heavy atom. The summed E-state index contributed by atoms with van der Waals surface area (Å²) < 4.78 is 37.0. The number of carbonyl (C=O) groups excluding carboxylic acids is 1. The summed E-state index contributed by atoms with van der Waals surface area (Å²) in [7, 11) is -1.83. The van der Waals surface area contributed by atoms with Crippen molar-refractivity contribution in [2.24, 2.45) is 24.8 Å². The van der Waals surface area contributed by atoms with Crippen LogP contribution in [0.3, 0.4) is 0 Å². The number of morpholine rings is 1. The molecule has 2 saturated carbocycles. The Kier molecular flexibility index (Phi) is 6.22. The van der Waals surface area contributed by atoms with Crippen LogP contribution in [0.4, 0.5) is 0 Å². The second-order valence-corrected chi connectivity index (χ2v) is 12.1. The number of nitrogens with one attached hydrogen (secondary N) is 1. The molecule has 9 heteroatoms. The van der Waals surface area contributed by atoms with Gasteiger partial charge in [-0.15, -0.1) is 0 Å². The number of amides is 1. The molecule has 180 valence electrons. The van der Waals surface area contributed by atoms with Gasteiger partial charge in [0.15, 0.2) is 0 Å². The van der Waals surface area contributed by atoms with Gasteiger partial charge >= 0.3 is 0 Å². The van der Waals surface area contributed by atoms with Gasteiger partial charge in [-0.3, -0.25) is 4.79 Å². The first-order valence-corrected chi connectivity index (χ1v) is 13.8. The molecule has 1 aromatic heterocycles. The monoisotopic (exact) mass is 493 g/mol. The quantitative estimate of drug-likeness (QED) is 0.690. The van der Waals surface area contributed by atoms with Gasteiger partial charge in [0.2, 0.25) is 15.9 Å². The number of sulfonamides is 1. The molecular weight excluding hydrogens is 462 g/mol. The Labute approximate surface area is 200 Å². The maximum absolute atomic E-state index is 13.3. The van der Waals surface area contributed by atoms with Gasteiger partial charge in [-0.1, -0.05) is 11.6 Å². The fraction of sp³-hybridized carbons (Fsp3) is 0.625. The van der Waals surface area contributed by atoms with E-state index in [4.69, 9.17) is 16.3 Å². The van der Waals surface area contributed by atoms with Crippen molar-refractivity contribution in [3.8, 4) is 0 Å². The molecule has 2 aliphatic carbocycles. The minimum atomic E-state index is -3.68. The third-order valence-corrected chi connectivity index (χ3v) is 9.45. The molecule has 2 aromatic rings. The average Bonchev–Trinajstić information content (AvgIpc) is 3.59. The van der Waals surface area contributed by atoms with Crippen LogP contribution in [-0.2, 0) is 26.6 Å². The predicted molar refractivity (Wildman–Crippen MR) is 128 cm³/mol. The van der Waals surface area contributed by atoms with Gasteiger partial charge in [0.05, 0.1) is 34.7 Å².